The summed E-state index contributed by atoms with van der Waals surface area (Å²) in [7, 11) is 0. The lowest BCUT2D eigenvalue weighted by molar-refractivity contribution is -0.138. The van der Waals surface area contributed by atoms with E-state index < -0.39 is 11.9 Å². The summed E-state index contributed by atoms with van der Waals surface area (Å²) in [5.74, 6) is -1.31. The fourth-order valence-electron chi connectivity index (χ4n) is 6.97. The van der Waals surface area contributed by atoms with Crippen molar-refractivity contribution < 1.29 is 30.2 Å². The molecular weight excluding hydrogens is 725 g/mol. The lowest BCUT2D eigenvalue weighted by Gasteiger charge is -2.06. The van der Waals surface area contributed by atoms with Crippen LogP contribution < -0.4 is 0 Å². The molecule has 0 fully saturated rings. The van der Waals surface area contributed by atoms with E-state index in [0.717, 1.165) is 25.7 Å². The molecule has 0 amide bonds. The van der Waals surface area contributed by atoms with Crippen molar-refractivity contribution in [2.24, 2.45) is 10.3 Å². The zero-order valence-electron chi connectivity index (χ0n) is 36.9. The van der Waals surface area contributed by atoms with Crippen LogP contribution in [0.15, 0.2) is 71.0 Å². The van der Waals surface area contributed by atoms with Crippen molar-refractivity contribution in [1.82, 2.24) is 0 Å². The van der Waals surface area contributed by atoms with E-state index in [1.807, 2.05) is 36.4 Å². The van der Waals surface area contributed by atoms with Crippen LogP contribution in [0, 0.1) is 0 Å². The number of hydrogen-bond acceptors (Lipinski definition) is 6. The molecule has 0 unspecified atom stereocenters. The molecule has 0 aliphatic heterocycles. The Labute approximate surface area is 354 Å². The van der Waals surface area contributed by atoms with E-state index in [-0.39, 0.29) is 11.4 Å². The Balaban J connectivity index is 0.000000841. The minimum absolute atomic E-state index is 0.226. The van der Waals surface area contributed by atoms with Crippen molar-refractivity contribution in [3.05, 3.63) is 71.8 Å². The number of benzene rings is 2. The standard InChI is InChI=1S/2C18H36O2.C14H12N2O2/c2*1-2-3-4-5-6-7-8-9-10-11-12-13-14-15-16-17-18(19)20;17-15-13(11-7-3-1-4-8-11)14(16-18)12-9-5-2-6-10-12/h2*2-17H2,1H3,(H,19,20);1-10,17-18H. The normalized spacial score (nSPS) is 11.3. The molecule has 0 aliphatic carbocycles. The topological polar surface area (TPSA) is 140 Å². The van der Waals surface area contributed by atoms with Gasteiger partial charge >= 0.3 is 11.9 Å². The van der Waals surface area contributed by atoms with Gasteiger partial charge in [0.25, 0.3) is 0 Å². The summed E-state index contributed by atoms with van der Waals surface area (Å²) in [6.07, 6.45) is 40.4. The Kier molecular flexibility index (Phi) is 40.2. The molecule has 0 bridgehead atoms. The summed E-state index contributed by atoms with van der Waals surface area (Å²) < 4.78 is 0. The summed E-state index contributed by atoms with van der Waals surface area (Å²) in [6.45, 7) is 4.54. The molecule has 8 nitrogen and oxygen atoms in total. The summed E-state index contributed by atoms with van der Waals surface area (Å²) in [5, 5.41) is 41.8. The van der Waals surface area contributed by atoms with Crippen LogP contribution in [0.3, 0.4) is 0 Å². The molecular formula is C50H84N2O6. The summed E-state index contributed by atoms with van der Waals surface area (Å²) >= 11 is 0. The van der Waals surface area contributed by atoms with Gasteiger partial charge in [-0.3, -0.25) is 9.59 Å². The highest BCUT2D eigenvalue weighted by Crippen LogP contribution is 2.15. The first-order valence-corrected chi connectivity index (χ1v) is 23.4. The fraction of sp³-hybridized carbons (Fsp3) is 0.680. The van der Waals surface area contributed by atoms with Crippen molar-refractivity contribution in [3.63, 3.8) is 0 Å². The predicted molar refractivity (Wildman–Crippen MR) is 244 cm³/mol. The number of carboxylic acids is 2. The van der Waals surface area contributed by atoms with Crippen molar-refractivity contribution in [2.45, 2.75) is 219 Å². The van der Waals surface area contributed by atoms with Crippen LogP contribution in [-0.4, -0.2) is 44.0 Å². The van der Waals surface area contributed by atoms with E-state index in [9.17, 15) is 9.59 Å². The van der Waals surface area contributed by atoms with Gasteiger partial charge in [-0.2, -0.15) is 0 Å². The maximum absolute atomic E-state index is 10.3. The minimum Gasteiger partial charge on any atom is -0.481 e. The fourth-order valence-corrected chi connectivity index (χ4v) is 6.97. The van der Waals surface area contributed by atoms with Crippen LogP contribution in [0.5, 0.6) is 0 Å². The van der Waals surface area contributed by atoms with Crippen LogP contribution in [-0.2, 0) is 9.59 Å². The molecule has 58 heavy (non-hydrogen) atoms. The maximum atomic E-state index is 10.3. The third-order valence-corrected chi connectivity index (χ3v) is 10.5. The Hall–Kier alpha value is -3.68. The van der Waals surface area contributed by atoms with Gasteiger partial charge in [0.1, 0.15) is 11.4 Å². The molecule has 0 atom stereocenters. The molecule has 2 rings (SSSR count). The van der Waals surface area contributed by atoms with Crippen LogP contribution in [0.25, 0.3) is 0 Å². The van der Waals surface area contributed by atoms with Crippen LogP contribution in [0.1, 0.15) is 230 Å². The molecule has 2 aromatic carbocycles. The first-order chi connectivity index (χ1) is 28.4. The molecule has 8 heteroatoms. The van der Waals surface area contributed by atoms with Gasteiger partial charge in [0, 0.05) is 24.0 Å². The largest absolute Gasteiger partial charge is 0.481 e. The highest BCUT2D eigenvalue weighted by molar-refractivity contribution is 6.53. The van der Waals surface area contributed by atoms with Gasteiger partial charge in [0.2, 0.25) is 0 Å². The van der Waals surface area contributed by atoms with E-state index in [1.165, 1.54) is 167 Å². The van der Waals surface area contributed by atoms with E-state index in [0.29, 0.717) is 24.0 Å². The molecule has 330 valence electrons. The van der Waals surface area contributed by atoms with E-state index in [1.54, 1.807) is 24.3 Å². The highest BCUT2D eigenvalue weighted by Gasteiger charge is 2.15. The number of carboxylic acid groups (broad SMARTS) is 2. The first-order valence-electron chi connectivity index (χ1n) is 23.4. The molecule has 0 spiro atoms. The lowest BCUT2D eigenvalue weighted by Crippen LogP contribution is -2.17. The third-order valence-electron chi connectivity index (χ3n) is 10.5. The smallest absolute Gasteiger partial charge is 0.303 e. The molecule has 2 aromatic rings. The highest BCUT2D eigenvalue weighted by atomic mass is 16.4. The van der Waals surface area contributed by atoms with Crippen LogP contribution >= 0.6 is 0 Å². The average molecular weight is 809 g/mol. The maximum Gasteiger partial charge on any atom is 0.303 e. The summed E-state index contributed by atoms with van der Waals surface area (Å²) in [4.78, 5) is 20.7. The number of nitrogens with zero attached hydrogens (tertiary/aromatic N) is 2. The van der Waals surface area contributed by atoms with Crippen LogP contribution in [0.2, 0.25) is 0 Å². The van der Waals surface area contributed by atoms with E-state index >= 15 is 0 Å². The van der Waals surface area contributed by atoms with E-state index in [4.69, 9.17) is 20.6 Å². The predicted octanol–water partition coefficient (Wildman–Crippen LogP) is 15.4. The molecule has 0 saturated heterocycles. The lowest BCUT2D eigenvalue weighted by atomic mass is 10.0. The third kappa shape index (κ3) is 35.5. The summed E-state index contributed by atoms with van der Waals surface area (Å²) in [5.41, 5.74) is 1.81. The minimum atomic E-state index is -0.653. The average Bonchev–Trinajstić information content (AvgIpc) is 3.23. The Morgan fingerprint density at radius 1 is 0.362 bits per heavy atom. The monoisotopic (exact) mass is 809 g/mol. The Bertz CT molecular complexity index is 1150. The van der Waals surface area contributed by atoms with Gasteiger partial charge in [-0.15, -0.1) is 0 Å². The zero-order valence-corrected chi connectivity index (χ0v) is 36.9. The number of unbranched alkanes of at least 4 members (excludes halogenated alkanes) is 28. The molecule has 0 radical (unpaired) electrons. The molecule has 0 aromatic heterocycles. The van der Waals surface area contributed by atoms with Crippen molar-refractivity contribution in [1.29, 1.82) is 0 Å². The van der Waals surface area contributed by atoms with Gasteiger partial charge in [-0.25, -0.2) is 0 Å². The summed E-state index contributed by atoms with van der Waals surface area (Å²) in [6, 6.07) is 18.1. The second-order valence-electron chi connectivity index (χ2n) is 15.8. The number of carbonyl (C=O) groups is 2. The van der Waals surface area contributed by atoms with Crippen molar-refractivity contribution >= 4 is 23.4 Å². The molecule has 0 aliphatic rings. The number of rotatable bonds is 35. The van der Waals surface area contributed by atoms with Gasteiger partial charge < -0.3 is 20.6 Å². The molecule has 4 N–H and O–H groups in total. The molecule has 0 saturated carbocycles. The molecule has 0 heterocycles. The van der Waals surface area contributed by atoms with Crippen molar-refractivity contribution in [3.8, 4) is 0 Å². The van der Waals surface area contributed by atoms with Crippen LogP contribution in [0.4, 0.5) is 0 Å². The van der Waals surface area contributed by atoms with Gasteiger partial charge in [-0.05, 0) is 12.8 Å². The first kappa shape index (κ1) is 54.3. The zero-order chi connectivity index (χ0) is 42.6. The van der Waals surface area contributed by atoms with E-state index in [2.05, 4.69) is 24.2 Å². The van der Waals surface area contributed by atoms with Gasteiger partial charge in [0.05, 0.1) is 0 Å². The Morgan fingerprint density at radius 3 is 0.759 bits per heavy atom. The quantitative estimate of drug-likeness (QED) is 0.0237. The van der Waals surface area contributed by atoms with Gasteiger partial charge in [0.15, 0.2) is 0 Å². The number of hydrogen-bond donors (Lipinski definition) is 4. The van der Waals surface area contributed by atoms with Gasteiger partial charge in [-0.1, -0.05) is 265 Å². The second-order valence-corrected chi connectivity index (χ2v) is 15.8. The second kappa shape index (κ2) is 42.9. The SMILES string of the molecule is CCCCCCCCCCCCCCCCCC(=O)O.CCCCCCCCCCCCCCCCCC(=O)O.ON=C(C(=NO)c1ccccc1)c1ccccc1. The Morgan fingerprint density at radius 2 is 0.569 bits per heavy atom. The van der Waals surface area contributed by atoms with Crippen molar-refractivity contribution in [2.75, 3.05) is 0 Å². The number of aliphatic carboxylic acids is 2. The number of oxime groups is 2.